The summed E-state index contributed by atoms with van der Waals surface area (Å²) < 4.78 is 2.05. The van der Waals surface area contributed by atoms with Gasteiger partial charge in [-0.05, 0) is 25.2 Å². The molecule has 1 saturated carbocycles. The van der Waals surface area contributed by atoms with Gasteiger partial charge in [-0.3, -0.25) is 4.68 Å². The van der Waals surface area contributed by atoms with Crippen molar-refractivity contribution in [2.24, 2.45) is 5.92 Å². The summed E-state index contributed by atoms with van der Waals surface area (Å²) in [5, 5.41) is 4.47. The first-order valence-electron chi connectivity index (χ1n) is 5.46. The van der Waals surface area contributed by atoms with Crippen LogP contribution in [-0.2, 0) is 6.54 Å². The highest BCUT2D eigenvalue weighted by Crippen LogP contribution is 2.28. The van der Waals surface area contributed by atoms with Gasteiger partial charge in [0.15, 0.2) is 0 Å². The van der Waals surface area contributed by atoms with Gasteiger partial charge in [0.25, 0.3) is 0 Å². The number of hydrogen-bond donors (Lipinski definition) is 0. The molecule has 1 atom stereocenters. The van der Waals surface area contributed by atoms with Crippen molar-refractivity contribution >= 4 is 11.6 Å². The second-order valence-corrected chi connectivity index (χ2v) is 4.70. The molecule has 1 unspecified atom stereocenters. The van der Waals surface area contributed by atoms with Crippen molar-refractivity contribution in [3.05, 3.63) is 18.0 Å². The molecule has 0 bridgehead atoms. The van der Waals surface area contributed by atoms with Gasteiger partial charge in [-0.25, -0.2) is 0 Å². The Hall–Kier alpha value is -0.500. The lowest BCUT2D eigenvalue weighted by Gasteiger charge is -2.24. The van der Waals surface area contributed by atoms with Crippen molar-refractivity contribution < 1.29 is 0 Å². The number of halogens is 1. The predicted octanol–water partition coefficient (Wildman–Crippen LogP) is 3.37. The molecule has 0 N–H and O–H groups in total. The largest absolute Gasteiger partial charge is 0.272 e. The lowest BCUT2D eigenvalue weighted by atomic mass is 9.85. The maximum absolute atomic E-state index is 6.14. The quantitative estimate of drug-likeness (QED) is 0.700. The van der Waals surface area contributed by atoms with Crippen molar-refractivity contribution in [2.45, 2.75) is 44.5 Å². The summed E-state index contributed by atoms with van der Waals surface area (Å²) in [5.74, 6) is 0.859. The van der Waals surface area contributed by atoms with Gasteiger partial charge in [0.1, 0.15) is 0 Å². The third-order valence-electron chi connectivity index (χ3n) is 3.04. The lowest BCUT2D eigenvalue weighted by Crippen LogP contribution is -2.18. The van der Waals surface area contributed by atoms with E-state index in [4.69, 9.17) is 11.6 Å². The molecular formula is C11H17ClN2. The van der Waals surface area contributed by atoms with E-state index in [1.807, 2.05) is 10.9 Å². The SMILES string of the molecule is CCC(Cl)c1cnn(CC2CCC2)c1. The lowest BCUT2D eigenvalue weighted by molar-refractivity contribution is 0.266. The summed E-state index contributed by atoms with van der Waals surface area (Å²) >= 11 is 6.14. The Morgan fingerprint density at radius 2 is 2.43 bits per heavy atom. The minimum absolute atomic E-state index is 0.130. The molecule has 0 radical (unpaired) electrons. The maximum Gasteiger partial charge on any atom is 0.0613 e. The molecule has 2 rings (SSSR count). The van der Waals surface area contributed by atoms with Crippen LogP contribution in [0.3, 0.4) is 0 Å². The van der Waals surface area contributed by atoms with Crippen molar-refractivity contribution in [2.75, 3.05) is 0 Å². The molecule has 3 heteroatoms. The molecule has 14 heavy (non-hydrogen) atoms. The van der Waals surface area contributed by atoms with E-state index >= 15 is 0 Å². The van der Waals surface area contributed by atoms with Crippen molar-refractivity contribution in [3.63, 3.8) is 0 Å². The van der Waals surface area contributed by atoms with Gasteiger partial charge >= 0.3 is 0 Å². The van der Waals surface area contributed by atoms with Crippen LogP contribution in [0.1, 0.15) is 43.5 Å². The molecule has 0 spiro atoms. The van der Waals surface area contributed by atoms with Crippen molar-refractivity contribution in [3.8, 4) is 0 Å². The topological polar surface area (TPSA) is 17.8 Å². The van der Waals surface area contributed by atoms with Crippen LogP contribution in [0.25, 0.3) is 0 Å². The molecule has 1 heterocycles. The first-order chi connectivity index (χ1) is 6.79. The zero-order valence-corrected chi connectivity index (χ0v) is 9.37. The van der Waals surface area contributed by atoms with Crippen LogP contribution in [0, 0.1) is 5.92 Å². The fourth-order valence-electron chi connectivity index (χ4n) is 1.82. The highest BCUT2D eigenvalue weighted by atomic mass is 35.5. The fraction of sp³-hybridized carbons (Fsp3) is 0.727. The molecule has 1 aliphatic rings. The number of aromatic nitrogens is 2. The van der Waals surface area contributed by atoms with Crippen LogP contribution in [-0.4, -0.2) is 9.78 Å². The van der Waals surface area contributed by atoms with Gasteiger partial charge in [0, 0.05) is 18.3 Å². The molecule has 1 aliphatic carbocycles. The fourth-order valence-corrected chi connectivity index (χ4v) is 1.93. The van der Waals surface area contributed by atoms with E-state index in [0.29, 0.717) is 0 Å². The van der Waals surface area contributed by atoms with Gasteiger partial charge in [0.05, 0.1) is 11.6 Å². The Morgan fingerprint density at radius 1 is 1.64 bits per heavy atom. The summed E-state index contributed by atoms with van der Waals surface area (Å²) in [6.07, 6.45) is 9.10. The van der Waals surface area contributed by atoms with E-state index in [-0.39, 0.29) is 5.38 Å². The number of rotatable bonds is 4. The normalized spacial score (nSPS) is 19.3. The third kappa shape index (κ3) is 2.11. The molecule has 0 aromatic carbocycles. The average molecular weight is 213 g/mol. The Morgan fingerprint density at radius 3 is 3.00 bits per heavy atom. The molecule has 2 nitrogen and oxygen atoms in total. The second kappa shape index (κ2) is 4.35. The Kier molecular flexibility index (Phi) is 3.12. The summed E-state index contributed by atoms with van der Waals surface area (Å²) in [6, 6.07) is 0. The van der Waals surface area contributed by atoms with E-state index in [1.165, 1.54) is 19.3 Å². The van der Waals surface area contributed by atoms with Crippen LogP contribution in [0.4, 0.5) is 0 Å². The van der Waals surface area contributed by atoms with E-state index in [0.717, 1.165) is 24.4 Å². The summed E-state index contributed by atoms with van der Waals surface area (Å²) in [4.78, 5) is 0. The Balaban J connectivity index is 1.94. The standard InChI is InChI=1S/C11H17ClN2/c1-2-11(12)10-6-13-14(8-10)7-9-4-3-5-9/h6,8-9,11H,2-5,7H2,1H3. The van der Waals surface area contributed by atoms with Gasteiger partial charge in [0.2, 0.25) is 0 Å². The second-order valence-electron chi connectivity index (χ2n) is 4.17. The van der Waals surface area contributed by atoms with Crippen LogP contribution in [0.5, 0.6) is 0 Å². The van der Waals surface area contributed by atoms with Gasteiger partial charge < -0.3 is 0 Å². The molecule has 0 aliphatic heterocycles. The van der Waals surface area contributed by atoms with E-state index in [2.05, 4.69) is 18.2 Å². The van der Waals surface area contributed by atoms with E-state index in [9.17, 15) is 0 Å². The van der Waals surface area contributed by atoms with Crippen LogP contribution in [0.15, 0.2) is 12.4 Å². The van der Waals surface area contributed by atoms with E-state index < -0.39 is 0 Å². The third-order valence-corrected chi connectivity index (χ3v) is 3.60. The van der Waals surface area contributed by atoms with E-state index in [1.54, 1.807) is 0 Å². The Labute approximate surface area is 90.3 Å². The monoisotopic (exact) mass is 212 g/mol. The summed E-state index contributed by atoms with van der Waals surface area (Å²) in [7, 11) is 0. The van der Waals surface area contributed by atoms with Crippen LogP contribution < -0.4 is 0 Å². The first-order valence-corrected chi connectivity index (χ1v) is 5.89. The number of hydrogen-bond acceptors (Lipinski definition) is 1. The minimum Gasteiger partial charge on any atom is -0.272 e. The number of alkyl halides is 1. The molecule has 1 aromatic heterocycles. The zero-order chi connectivity index (χ0) is 9.97. The first kappa shape index (κ1) is 10.0. The minimum atomic E-state index is 0.130. The Bertz CT molecular complexity index is 291. The molecule has 0 amide bonds. The van der Waals surface area contributed by atoms with Gasteiger partial charge in [-0.2, -0.15) is 5.10 Å². The van der Waals surface area contributed by atoms with Crippen LogP contribution >= 0.6 is 11.6 Å². The highest BCUT2D eigenvalue weighted by Gasteiger charge is 2.18. The smallest absolute Gasteiger partial charge is 0.0613 e. The summed E-state index contributed by atoms with van der Waals surface area (Å²) in [6.45, 7) is 3.17. The van der Waals surface area contributed by atoms with Crippen molar-refractivity contribution in [1.82, 2.24) is 9.78 Å². The van der Waals surface area contributed by atoms with Crippen LogP contribution in [0.2, 0.25) is 0 Å². The molecule has 78 valence electrons. The highest BCUT2D eigenvalue weighted by molar-refractivity contribution is 6.20. The summed E-state index contributed by atoms with van der Waals surface area (Å²) in [5.41, 5.74) is 1.16. The van der Waals surface area contributed by atoms with Gasteiger partial charge in [-0.15, -0.1) is 11.6 Å². The average Bonchev–Trinajstić information content (AvgIpc) is 2.58. The molecule has 1 aromatic rings. The maximum atomic E-state index is 6.14. The van der Waals surface area contributed by atoms with Gasteiger partial charge in [-0.1, -0.05) is 13.3 Å². The zero-order valence-electron chi connectivity index (χ0n) is 8.62. The molecule has 0 saturated heterocycles. The van der Waals surface area contributed by atoms with Crippen molar-refractivity contribution in [1.29, 1.82) is 0 Å². The predicted molar refractivity (Wildman–Crippen MR) is 58.5 cm³/mol. The number of nitrogens with zero attached hydrogens (tertiary/aromatic N) is 2. The molecule has 1 fully saturated rings. The molecular weight excluding hydrogens is 196 g/mol.